The van der Waals surface area contributed by atoms with Gasteiger partial charge in [0.15, 0.2) is 5.71 Å². The molecule has 2 aromatic rings. The minimum atomic E-state index is -3.55. The van der Waals surface area contributed by atoms with Crippen LogP contribution in [0.15, 0.2) is 40.4 Å². The van der Waals surface area contributed by atoms with Crippen molar-refractivity contribution < 1.29 is 28.0 Å². The van der Waals surface area contributed by atoms with E-state index >= 15 is 0 Å². The van der Waals surface area contributed by atoms with E-state index in [0.717, 1.165) is 39.5 Å². The Kier molecular flexibility index (Phi) is 5.95. The first-order valence-corrected chi connectivity index (χ1v) is 11.7. The Morgan fingerprint density at radius 1 is 1.21 bits per heavy atom. The quantitative estimate of drug-likeness (QED) is 0.607. The molecular weight excluding hydrogens is 448 g/mol. The van der Waals surface area contributed by atoms with Gasteiger partial charge >= 0.3 is 5.97 Å². The smallest absolute Gasteiger partial charge is 0.344 e. The largest absolute Gasteiger partial charge is 0.479 e. The minimum Gasteiger partial charge on any atom is -0.479 e. The van der Waals surface area contributed by atoms with E-state index in [0.29, 0.717) is 17.8 Å². The van der Waals surface area contributed by atoms with Crippen LogP contribution in [-0.4, -0.2) is 74.6 Å². The molecule has 0 atom stereocenters. The van der Waals surface area contributed by atoms with Gasteiger partial charge in [0, 0.05) is 32.7 Å². The Hall–Kier alpha value is -3.28. The Morgan fingerprint density at radius 2 is 1.91 bits per heavy atom. The van der Waals surface area contributed by atoms with E-state index in [9.17, 15) is 18.0 Å². The molecule has 0 fully saturated rings. The standard InChI is InChI=1S/C22H24N4O6S/c1-25(2)33(30,31)14-6-4-13(5-7-14)16-10-17-20(18-11-26(3)9-8-15(16)18)23-22(29)21(17)24-32-12-19(27)28/h4-7,10H,8-9,11-12H2,1-3H3,(H,27,28)(H,23,24,29). The molecule has 33 heavy (non-hydrogen) atoms. The number of aliphatic carboxylic acids is 1. The van der Waals surface area contributed by atoms with Crippen molar-refractivity contribution in [1.82, 2.24) is 9.21 Å². The van der Waals surface area contributed by atoms with E-state index in [1.807, 2.05) is 13.1 Å². The van der Waals surface area contributed by atoms with Crippen molar-refractivity contribution in [2.45, 2.75) is 17.9 Å². The fraction of sp³-hybridized carbons (Fsp3) is 0.318. The number of fused-ring (bicyclic) bond motifs is 3. The van der Waals surface area contributed by atoms with E-state index < -0.39 is 28.5 Å². The van der Waals surface area contributed by atoms with Gasteiger partial charge in [-0.15, -0.1) is 0 Å². The van der Waals surface area contributed by atoms with Crippen molar-refractivity contribution in [2.75, 3.05) is 39.6 Å². The number of amides is 1. The van der Waals surface area contributed by atoms with Crippen LogP contribution in [0, 0.1) is 0 Å². The lowest BCUT2D eigenvalue weighted by Crippen LogP contribution is -2.27. The molecule has 1 amide bonds. The predicted molar refractivity (Wildman–Crippen MR) is 122 cm³/mol. The van der Waals surface area contributed by atoms with Gasteiger partial charge in [-0.1, -0.05) is 17.3 Å². The number of carbonyl (C=O) groups is 2. The van der Waals surface area contributed by atoms with E-state index in [2.05, 4.69) is 15.4 Å². The average molecular weight is 473 g/mol. The number of likely N-dealkylation sites (N-methyl/N-ethyl adjacent to an activating group) is 1. The summed E-state index contributed by atoms with van der Waals surface area (Å²) in [4.78, 5) is 30.5. The zero-order chi connectivity index (χ0) is 23.9. The third-order valence-corrected chi connectivity index (χ3v) is 7.55. The fourth-order valence-electron chi connectivity index (χ4n) is 4.03. The van der Waals surface area contributed by atoms with Crippen LogP contribution in [0.1, 0.15) is 16.7 Å². The van der Waals surface area contributed by atoms with Gasteiger partial charge in [-0.3, -0.25) is 4.79 Å². The monoisotopic (exact) mass is 472 g/mol. The lowest BCUT2D eigenvalue weighted by molar-refractivity contribution is -0.142. The highest BCUT2D eigenvalue weighted by Crippen LogP contribution is 2.40. The molecule has 2 heterocycles. The summed E-state index contributed by atoms with van der Waals surface area (Å²) in [5.74, 6) is -1.66. The first-order chi connectivity index (χ1) is 15.6. The lowest BCUT2D eigenvalue weighted by Gasteiger charge is -2.29. The zero-order valence-electron chi connectivity index (χ0n) is 18.5. The van der Waals surface area contributed by atoms with Gasteiger partial charge in [0.2, 0.25) is 16.6 Å². The summed E-state index contributed by atoms with van der Waals surface area (Å²) in [7, 11) is 1.40. The van der Waals surface area contributed by atoms with Crippen LogP contribution in [0.3, 0.4) is 0 Å². The summed E-state index contributed by atoms with van der Waals surface area (Å²) >= 11 is 0. The number of hydrogen-bond donors (Lipinski definition) is 2. The maximum absolute atomic E-state index is 12.6. The number of carboxylic acid groups (broad SMARTS) is 1. The number of sulfonamides is 1. The highest BCUT2D eigenvalue weighted by molar-refractivity contribution is 7.89. The number of oxime groups is 1. The molecule has 0 saturated carbocycles. The highest BCUT2D eigenvalue weighted by Gasteiger charge is 2.33. The molecule has 2 N–H and O–H groups in total. The van der Waals surface area contributed by atoms with Gasteiger partial charge in [0.05, 0.1) is 10.6 Å². The van der Waals surface area contributed by atoms with Gasteiger partial charge in [-0.05, 0) is 53.9 Å². The number of benzene rings is 2. The predicted octanol–water partition coefficient (Wildman–Crippen LogP) is 1.35. The van der Waals surface area contributed by atoms with Gasteiger partial charge in [-0.2, -0.15) is 0 Å². The van der Waals surface area contributed by atoms with Gasteiger partial charge in [0.1, 0.15) is 0 Å². The summed E-state index contributed by atoms with van der Waals surface area (Å²) in [6.45, 7) is 0.791. The minimum absolute atomic E-state index is 0.00957. The summed E-state index contributed by atoms with van der Waals surface area (Å²) in [5.41, 5.74) is 4.89. The Balaban J connectivity index is 1.83. The van der Waals surface area contributed by atoms with Crippen molar-refractivity contribution >= 4 is 33.3 Å². The van der Waals surface area contributed by atoms with Crippen LogP contribution in [0.5, 0.6) is 0 Å². The molecule has 0 radical (unpaired) electrons. The number of nitrogens with zero attached hydrogens (tertiary/aromatic N) is 3. The van der Waals surface area contributed by atoms with Crippen molar-refractivity contribution in [1.29, 1.82) is 0 Å². The van der Waals surface area contributed by atoms with Crippen molar-refractivity contribution in [3.05, 3.63) is 47.0 Å². The number of hydrogen-bond acceptors (Lipinski definition) is 7. The Bertz CT molecular complexity index is 1270. The summed E-state index contributed by atoms with van der Waals surface area (Å²) in [6.07, 6.45) is 0.754. The second-order valence-corrected chi connectivity index (χ2v) is 10.3. The molecule has 2 aliphatic heterocycles. The fourth-order valence-corrected chi connectivity index (χ4v) is 4.94. The van der Waals surface area contributed by atoms with Gasteiger partial charge in [0.25, 0.3) is 5.91 Å². The molecule has 2 aliphatic rings. The molecule has 0 spiro atoms. The van der Waals surface area contributed by atoms with Crippen LogP contribution in [-0.2, 0) is 37.4 Å². The molecule has 174 valence electrons. The van der Waals surface area contributed by atoms with Crippen molar-refractivity contribution in [3.63, 3.8) is 0 Å². The van der Waals surface area contributed by atoms with Crippen LogP contribution in [0.25, 0.3) is 11.1 Å². The van der Waals surface area contributed by atoms with Crippen LogP contribution in [0.2, 0.25) is 0 Å². The number of nitrogens with one attached hydrogen (secondary N) is 1. The molecule has 10 nitrogen and oxygen atoms in total. The van der Waals surface area contributed by atoms with Crippen molar-refractivity contribution in [2.24, 2.45) is 5.16 Å². The highest BCUT2D eigenvalue weighted by atomic mass is 32.2. The van der Waals surface area contributed by atoms with Gasteiger partial charge < -0.3 is 20.2 Å². The number of carboxylic acids is 1. The summed E-state index contributed by atoms with van der Waals surface area (Å²) in [6, 6.07) is 8.45. The van der Waals surface area contributed by atoms with E-state index in [1.54, 1.807) is 24.3 Å². The molecule has 0 bridgehead atoms. The summed E-state index contributed by atoms with van der Waals surface area (Å²) in [5, 5.41) is 15.4. The van der Waals surface area contributed by atoms with Crippen LogP contribution >= 0.6 is 0 Å². The topological polar surface area (TPSA) is 129 Å². The summed E-state index contributed by atoms with van der Waals surface area (Å²) < 4.78 is 26.0. The number of rotatable bonds is 6. The molecule has 0 aliphatic carbocycles. The molecule has 4 rings (SSSR count). The van der Waals surface area contributed by atoms with E-state index in [-0.39, 0.29) is 10.6 Å². The maximum atomic E-state index is 12.6. The SMILES string of the molecule is CN1CCc2c(-c3ccc(S(=O)(=O)N(C)C)cc3)cc3c(c2C1)NC(=O)C3=NOCC(=O)O. The Morgan fingerprint density at radius 3 is 2.55 bits per heavy atom. The van der Waals surface area contributed by atoms with Crippen LogP contribution < -0.4 is 5.32 Å². The van der Waals surface area contributed by atoms with Gasteiger partial charge in [-0.25, -0.2) is 17.5 Å². The lowest BCUT2D eigenvalue weighted by atomic mass is 9.87. The first kappa shape index (κ1) is 22.9. The number of carbonyl (C=O) groups excluding carboxylic acids is 1. The second-order valence-electron chi connectivity index (χ2n) is 8.16. The molecule has 0 aromatic heterocycles. The third-order valence-electron chi connectivity index (χ3n) is 5.72. The third kappa shape index (κ3) is 4.22. The zero-order valence-corrected chi connectivity index (χ0v) is 19.3. The van der Waals surface area contributed by atoms with E-state index in [1.165, 1.54) is 14.1 Å². The molecule has 2 aromatic carbocycles. The van der Waals surface area contributed by atoms with Crippen LogP contribution in [0.4, 0.5) is 5.69 Å². The molecule has 11 heteroatoms. The first-order valence-electron chi connectivity index (χ1n) is 10.2. The molecule has 0 unspecified atom stereocenters. The number of anilines is 1. The second kappa shape index (κ2) is 8.58. The Labute approximate surface area is 191 Å². The molecular formula is C22H24N4O6S. The normalized spacial score (nSPS) is 17.1. The average Bonchev–Trinajstić information content (AvgIpc) is 3.08. The maximum Gasteiger partial charge on any atom is 0.344 e. The van der Waals surface area contributed by atoms with E-state index in [4.69, 9.17) is 9.94 Å². The van der Waals surface area contributed by atoms with Crippen molar-refractivity contribution in [3.8, 4) is 11.1 Å². The molecule has 0 saturated heterocycles.